The lowest BCUT2D eigenvalue weighted by molar-refractivity contribution is -0.132. The van der Waals surface area contributed by atoms with Crippen LogP contribution in [0.4, 0.5) is 5.69 Å². The molecule has 1 aromatic rings. The molecule has 1 unspecified atom stereocenters. The van der Waals surface area contributed by atoms with Crippen LogP contribution in [0.5, 0.6) is 0 Å². The fourth-order valence-corrected chi connectivity index (χ4v) is 2.89. The van der Waals surface area contributed by atoms with Crippen LogP contribution in [-0.4, -0.2) is 43.5 Å². The van der Waals surface area contributed by atoms with Gasteiger partial charge in [-0.15, -0.1) is 0 Å². The van der Waals surface area contributed by atoms with E-state index in [-0.39, 0.29) is 5.91 Å². The van der Waals surface area contributed by atoms with Crippen LogP contribution in [0.25, 0.3) is 0 Å². The SMILES string of the molecule is CCC(CN)CC(=O)N1CCN(c2ccccc2C)CC1. The van der Waals surface area contributed by atoms with E-state index < -0.39 is 0 Å². The lowest BCUT2D eigenvalue weighted by Gasteiger charge is -2.37. The van der Waals surface area contributed by atoms with Gasteiger partial charge in [-0.3, -0.25) is 4.79 Å². The summed E-state index contributed by atoms with van der Waals surface area (Å²) in [5.74, 6) is 0.587. The van der Waals surface area contributed by atoms with Gasteiger partial charge in [-0.1, -0.05) is 31.5 Å². The number of benzene rings is 1. The minimum atomic E-state index is 0.261. The molecule has 0 aliphatic carbocycles. The van der Waals surface area contributed by atoms with E-state index in [2.05, 4.69) is 43.0 Å². The molecule has 1 saturated heterocycles. The minimum absolute atomic E-state index is 0.261. The summed E-state index contributed by atoms with van der Waals surface area (Å²) in [7, 11) is 0. The van der Waals surface area contributed by atoms with Crippen LogP contribution in [0.1, 0.15) is 25.3 Å². The Hall–Kier alpha value is -1.55. The highest BCUT2D eigenvalue weighted by Crippen LogP contribution is 2.21. The summed E-state index contributed by atoms with van der Waals surface area (Å²) in [6.45, 7) is 8.29. The maximum atomic E-state index is 12.3. The van der Waals surface area contributed by atoms with E-state index in [0.29, 0.717) is 18.9 Å². The third kappa shape index (κ3) is 3.97. The average Bonchev–Trinajstić information content (AvgIpc) is 2.53. The first kappa shape index (κ1) is 15.8. The molecule has 21 heavy (non-hydrogen) atoms. The lowest BCUT2D eigenvalue weighted by atomic mass is 10.0. The van der Waals surface area contributed by atoms with Crippen LogP contribution in [-0.2, 0) is 4.79 Å². The first-order valence-corrected chi connectivity index (χ1v) is 7.94. The van der Waals surface area contributed by atoms with Crippen molar-refractivity contribution in [2.24, 2.45) is 11.7 Å². The number of hydrogen-bond acceptors (Lipinski definition) is 3. The van der Waals surface area contributed by atoms with E-state index in [9.17, 15) is 4.79 Å². The summed E-state index contributed by atoms with van der Waals surface area (Å²) >= 11 is 0. The van der Waals surface area contributed by atoms with Crippen LogP contribution in [0.2, 0.25) is 0 Å². The molecule has 2 rings (SSSR count). The van der Waals surface area contributed by atoms with Gasteiger partial charge in [0.1, 0.15) is 0 Å². The van der Waals surface area contributed by atoms with E-state index in [0.717, 1.165) is 32.6 Å². The van der Waals surface area contributed by atoms with Crippen molar-refractivity contribution in [2.75, 3.05) is 37.6 Å². The van der Waals surface area contributed by atoms with Crippen LogP contribution in [0, 0.1) is 12.8 Å². The number of aryl methyl sites for hydroxylation is 1. The molecule has 116 valence electrons. The molecule has 1 amide bonds. The Balaban J connectivity index is 1.88. The molecule has 1 aromatic carbocycles. The highest BCUT2D eigenvalue weighted by Gasteiger charge is 2.23. The fraction of sp³-hybridized carbons (Fsp3) is 0.588. The summed E-state index contributed by atoms with van der Waals surface area (Å²) in [5.41, 5.74) is 8.28. The van der Waals surface area contributed by atoms with E-state index in [1.807, 2.05) is 4.90 Å². The quantitative estimate of drug-likeness (QED) is 0.902. The highest BCUT2D eigenvalue weighted by atomic mass is 16.2. The molecular formula is C17H27N3O. The Morgan fingerprint density at radius 3 is 2.48 bits per heavy atom. The second-order valence-corrected chi connectivity index (χ2v) is 5.87. The molecule has 1 aliphatic rings. The van der Waals surface area contributed by atoms with Crippen molar-refractivity contribution in [1.82, 2.24) is 4.90 Å². The number of nitrogens with two attached hydrogens (primary N) is 1. The van der Waals surface area contributed by atoms with E-state index >= 15 is 0 Å². The predicted molar refractivity (Wildman–Crippen MR) is 87.4 cm³/mol. The first-order chi connectivity index (χ1) is 10.2. The molecule has 0 bridgehead atoms. The summed E-state index contributed by atoms with van der Waals surface area (Å²) in [6, 6.07) is 8.44. The minimum Gasteiger partial charge on any atom is -0.368 e. The van der Waals surface area contributed by atoms with Crippen LogP contribution < -0.4 is 10.6 Å². The standard InChI is InChI=1S/C17H27N3O/c1-3-15(13-18)12-17(21)20-10-8-19(9-11-20)16-7-5-4-6-14(16)2/h4-7,15H,3,8-13,18H2,1-2H3. The molecule has 0 spiro atoms. The Morgan fingerprint density at radius 2 is 1.90 bits per heavy atom. The summed E-state index contributed by atoms with van der Waals surface area (Å²) < 4.78 is 0. The zero-order valence-corrected chi connectivity index (χ0v) is 13.2. The third-order valence-electron chi connectivity index (χ3n) is 4.46. The second-order valence-electron chi connectivity index (χ2n) is 5.87. The second kappa shape index (κ2) is 7.46. The average molecular weight is 289 g/mol. The fourth-order valence-electron chi connectivity index (χ4n) is 2.89. The Bertz CT molecular complexity index is 463. The molecule has 0 saturated carbocycles. The van der Waals surface area contributed by atoms with E-state index in [1.165, 1.54) is 11.3 Å². The Labute approximate surface area is 127 Å². The summed E-state index contributed by atoms with van der Waals surface area (Å²) in [5, 5.41) is 0. The number of piperazine rings is 1. The maximum absolute atomic E-state index is 12.3. The molecule has 4 heteroatoms. The number of carbonyl (C=O) groups is 1. The largest absolute Gasteiger partial charge is 0.368 e. The van der Waals surface area contributed by atoms with Crippen molar-refractivity contribution in [2.45, 2.75) is 26.7 Å². The molecule has 0 aromatic heterocycles. The van der Waals surface area contributed by atoms with E-state index in [4.69, 9.17) is 5.73 Å². The van der Waals surface area contributed by atoms with Crippen LogP contribution in [0.3, 0.4) is 0 Å². The molecular weight excluding hydrogens is 262 g/mol. The number of anilines is 1. The molecule has 1 atom stereocenters. The van der Waals surface area contributed by atoms with Crippen molar-refractivity contribution < 1.29 is 4.79 Å². The van der Waals surface area contributed by atoms with Crippen LogP contribution in [0.15, 0.2) is 24.3 Å². The van der Waals surface area contributed by atoms with Crippen molar-refractivity contribution in [3.05, 3.63) is 29.8 Å². The topological polar surface area (TPSA) is 49.6 Å². The number of carbonyl (C=O) groups excluding carboxylic acids is 1. The van der Waals surface area contributed by atoms with Gasteiger partial charge in [0.2, 0.25) is 5.91 Å². The molecule has 4 nitrogen and oxygen atoms in total. The molecule has 1 heterocycles. The summed E-state index contributed by atoms with van der Waals surface area (Å²) in [6.07, 6.45) is 1.57. The van der Waals surface area contributed by atoms with Gasteiger partial charge in [-0.25, -0.2) is 0 Å². The van der Waals surface area contributed by atoms with Gasteiger partial charge in [-0.05, 0) is 31.0 Å². The van der Waals surface area contributed by atoms with Crippen LogP contribution >= 0.6 is 0 Å². The molecule has 0 radical (unpaired) electrons. The first-order valence-electron chi connectivity index (χ1n) is 7.94. The molecule has 2 N–H and O–H groups in total. The Kier molecular flexibility index (Phi) is 5.62. The molecule has 1 aliphatic heterocycles. The van der Waals surface area contributed by atoms with Gasteiger partial charge in [0.15, 0.2) is 0 Å². The number of nitrogens with zero attached hydrogens (tertiary/aromatic N) is 2. The van der Waals surface area contributed by atoms with Crippen molar-refractivity contribution in [3.8, 4) is 0 Å². The number of para-hydroxylation sites is 1. The highest BCUT2D eigenvalue weighted by molar-refractivity contribution is 5.76. The maximum Gasteiger partial charge on any atom is 0.223 e. The van der Waals surface area contributed by atoms with Crippen molar-refractivity contribution in [1.29, 1.82) is 0 Å². The number of rotatable bonds is 5. The van der Waals surface area contributed by atoms with Gasteiger partial charge in [0.25, 0.3) is 0 Å². The van der Waals surface area contributed by atoms with Gasteiger partial charge in [0.05, 0.1) is 0 Å². The normalized spacial score (nSPS) is 16.9. The predicted octanol–water partition coefficient (Wildman–Crippen LogP) is 2.02. The molecule has 1 fully saturated rings. The number of hydrogen-bond donors (Lipinski definition) is 1. The van der Waals surface area contributed by atoms with Gasteiger partial charge < -0.3 is 15.5 Å². The van der Waals surface area contributed by atoms with Gasteiger partial charge in [0, 0.05) is 38.3 Å². The van der Waals surface area contributed by atoms with Gasteiger partial charge >= 0.3 is 0 Å². The van der Waals surface area contributed by atoms with E-state index in [1.54, 1.807) is 0 Å². The zero-order valence-electron chi connectivity index (χ0n) is 13.2. The monoisotopic (exact) mass is 289 g/mol. The lowest BCUT2D eigenvalue weighted by Crippen LogP contribution is -2.49. The zero-order chi connectivity index (χ0) is 15.2. The summed E-state index contributed by atoms with van der Waals surface area (Å²) in [4.78, 5) is 16.7. The Morgan fingerprint density at radius 1 is 1.24 bits per heavy atom. The van der Waals surface area contributed by atoms with Crippen molar-refractivity contribution in [3.63, 3.8) is 0 Å². The number of amides is 1. The van der Waals surface area contributed by atoms with Crippen molar-refractivity contribution >= 4 is 11.6 Å². The third-order valence-corrected chi connectivity index (χ3v) is 4.46. The smallest absolute Gasteiger partial charge is 0.223 e. The van der Waals surface area contributed by atoms with Gasteiger partial charge in [-0.2, -0.15) is 0 Å².